The Balaban J connectivity index is 1.89. The lowest BCUT2D eigenvalue weighted by Gasteiger charge is -2.09. The van der Waals surface area contributed by atoms with Crippen molar-refractivity contribution in [3.63, 3.8) is 0 Å². The normalized spacial score (nSPS) is 10.4. The van der Waals surface area contributed by atoms with Crippen molar-refractivity contribution in [2.24, 2.45) is 0 Å². The molecule has 0 atom stereocenters. The first kappa shape index (κ1) is 17.2. The van der Waals surface area contributed by atoms with Crippen LogP contribution in [0.1, 0.15) is 10.4 Å². The molecule has 1 amide bonds. The van der Waals surface area contributed by atoms with Gasteiger partial charge in [0.1, 0.15) is 12.1 Å². The Hall–Kier alpha value is -2.63. The van der Waals surface area contributed by atoms with Gasteiger partial charge in [0.2, 0.25) is 0 Å². The summed E-state index contributed by atoms with van der Waals surface area (Å²) in [4.78, 5) is 20.3. The zero-order chi connectivity index (χ0) is 17.8. The number of carbonyl (C=O) groups excluding carboxylic acids is 1. The highest BCUT2D eigenvalue weighted by molar-refractivity contribution is 6.42. The van der Waals surface area contributed by atoms with Crippen molar-refractivity contribution in [1.29, 1.82) is 0 Å². The van der Waals surface area contributed by atoms with Crippen molar-refractivity contribution < 1.29 is 4.79 Å². The average Bonchev–Trinajstić information content (AvgIpc) is 2.64. The molecule has 7 heteroatoms. The van der Waals surface area contributed by atoms with E-state index in [4.69, 9.17) is 23.2 Å². The number of anilines is 2. The summed E-state index contributed by atoms with van der Waals surface area (Å²) < 4.78 is 0. The highest BCUT2D eigenvalue weighted by Gasteiger charge is 2.08. The molecule has 2 N–H and O–H groups in total. The van der Waals surface area contributed by atoms with Crippen LogP contribution in [0.25, 0.3) is 11.3 Å². The van der Waals surface area contributed by atoms with Gasteiger partial charge in [0.15, 0.2) is 0 Å². The van der Waals surface area contributed by atoms with Crippen molar-refractivity contribution in [3.05, 3.63) is 70.5 Å². The number of aromatic nitrogens is 2. The molecule has 1 heterocycles. The summed E-state index contributed by atoms with van der Waals surface area (Å²) in [6, 6.07) is 14.3. The number of amides is 1. The Kier molecular flexibility index (Phi) is 5.16. The molecule has 0 saturated heterocycles. The number of nitrogens with one attached hydrogen (secondary N) is 2. The van der Waals surface area contributed by atoms with E-state index >= 15 is 0 Å². The van der Waals surface area contributed by atoms with Gasteiger partial charge < -0.3 is 10.6 Å². The van der Waals surface area contributed by atoms with Crippen LogP contribution in [0.2, 0.25) is 10.0 Å². The Morgan fingerprint density at radius 1 is 1.00 bits per heavy atom. The third kappa shape index (κ3) is 4.07. The van der Waals surface area contributed by atoms with Crippen LogP contribution < -0.4 is 10.6 Å². The smallest absolute Gasteiger partial charge is 0.251 e. The molecule has 2 aromatic carbocycles. The molecule has 0 aliphatic heterocycles. The van der Waals surface area contributed by atoms with Crippen LogP contribution in [-0.4, -0.2) is 22.9 Å². The first-order valence-electron chi connectivity index (χ1n) is 7.43. The molecule has 0 aliphatic carbocycles. The average molecular weight is 373 g/mol. The Labute approximate surface area is 155 Å². The molecule has 1 aromatic heterocycles. The molecular formula is C18H14Cl2N4O. The summed E-state index contributed by atoms with van der Waals surface area (Å²) in [5, 5.41) is 6.71. The fraction of sp³-hybridized carbons (Fsp3) is 0.0556. The molecular weight excluding hydrogens is 359 g/mol. The molecule has 126 valence electrons. The van der Waals surface area contributed by atoms with Crippen LogP contribution in [0, 0.1) is 0 Å². The number of rotatable bonds is 4. The van der Waals surface area contributed by atoms with Crippen LogP contribution in [-0.2, 0) is 0 Å². The zero-order valence-electron chi connectivity index (χ0n) is 13.3. The van der Waals surface area contributed by atoms with Gasteiger partial charge in [-0.05, 0) is 30.3 Å². The minimum Gasteiger partial charge on any atom is -0.355 e. The predicted molar refractivity (Wildman–Crippen MR) is 101 cm³/mol. The van der Waals surface area contributed by atoms with Crippen LogP contribution in [0.5, 0.6) is 0 Å². The molecule has 3 rings (SSSR count). The van der Waals surface area contributed by atoms with Crippen molar-refractivity contribution >= 4 is 40.6 Å². The maximum atomic E-state index is 11.8. The molecule has 3 aromatic rings. The van der Waals surface area contributed by atoms with E-state index in [9.17, 15) is 4.79 Å². The monoisotopic (exact) mass is 372 g/mol. The highest BCUT2D eigenvalue weighted by Crippen LogP contribution is 2.27. The van der Waals surface area contributed by atoms with Gasteiger partial charge in [-0.2, -0.15) is 0 Å². The SMILES string of the molecule is CNC(=O)c1cccc(-c2cc(Nc3ccc(Cl)c(Cl)c3)ncn2)c1. The maximum Gasteiger partial charge on any atom is 0.251 e. The molecule has 0 spiro atoms. The van der Waals surface area contributed by atoms with Gasteiger partial charge in [0.25, 0.3) is 5.91 Å². The van der Waals surface area contributed by atoms with Crippen LogP contribution in [0.15, 0.2) is 54.9 Å². The summed E-state index contributed by atoms with van der Waals surface area (Å²) in [5.41, 5.74) is 2.85. The highest BCUT2D eigenvalue weighted by atomic mass is 35.5. The third-order valence-corrected chi connectivity index (χ3v) is 4.25. The topological polar surface area (TPSA) is 66.9 Å². The van der Waals surface area contributed by atoms with Crippen LogP contribution in [0.4, 0.5) is 11.5 Å². The van der Waals surface area contributed by atoms with Crippen LogP contribution in [0.3, 0.4) is 0 Å². The fourth-order valence-corrected chi connectivity index (χ4v) is 2.57. The summed E-state index contributed by atoms with van der Waals surface area (Å²) in [6.07, 6.45) is 1.46. The first-order chi connectivity index (χ1) is 12.1. The lowest BCUT2D eigenvalue weighted by Crippen LogP contribution is -2.17. The van der Waals surface area contributed by atoms with Gasteiger partial charge in [-0.3, -0.25) is 4.79 Å². The Bertz CT molecular complexity index is 930. The van der Waals surface area contributed by atoms with Crippen molar-refractivity contribution in [2.75, 3.05) is 12.4 Å². The molecule has 0 fully saturated rings. The van der Waals surface area contributed by atoms with Gasteiger partial charge in [0, 0.05) is 29.9 Å². The lowest BCUT2D eigenvalue weighted by molar-refractivity contribution is 0.0963. The minimum absolute atomic E-state index is 0.148. The van der Waals surface area contributed by atoms with Crippen molar-refractivity contribution in [2.45, 2.75) is 0 Å². The molecule has 0 unspecified atom stereocenters. The predicted octanol–water partition coefficient (Wildman–Crippen LogP) is 4.55. The Morgan fingerprint density at radius 3 is 2.60 bits per heavy atom. The number of hydrogen-bond donors (Lipinski definition) is 2. The Morgan fingerprint density at radius 2 is 1.84 bits per heavy atom. The summed E-state index contributed by atoms with van der Waals surface area (Å²) in [7, 11) is 1.60. The van der Waals surface area contributed by atoms with E-state index in [1.54, 1.807) is 37.4 Å². The molecule has 0 radical (unpaired) electrons. The second kappa shape index (κ2) is 7.51. The molecule has 0 bridgehead atoms. The van der Waals surface area contributed by atoms with Crippen LogP contribution >= 0.6 is 23.2 Å². The number of benzene rings is 2. The minimum atomic E-state index is -0.148. The maximum absolute atomic E-state index is 11.8. The number of halogens is 2. The van der Waals surface area contributed by atoms with Crippen molar-refractivity contribution in [3.8, 4) is 11.3 Å². The standard InChI is InChI=1S/C18H14Cl2N4O/c1-21-18(25)12-4-2-3-11(7-12)16-9-17(23-10-22-16)24-13-5-6-14(19)15(20)8-13/h2-10H,1H3,(H,21,25)(H,22,23,24). The van der Waals surface area contributed by atoms with Crippen molar-refractivity contribution in [1.82, 2.24) is 15.3 Å². The number of nitrogens with zero attached hydrogens (tertiary/aromatic N) is 2. The van der Waals surface area contributed by atoms with E-state index in [1.807, 2.05) is 18.2 Å². The van der Waals surface area contributed by atoms with E-state index in [0.29, 0.717) is 27.1 Å². The van der Waals surface area contributed by atoms with Gasteiger partial charge in [-0.25, -0.2) is 9.97 Å². The number of carbonyl (C=O) groups is 1. The fourth-order valence-electron chi connectivity index (χ4n) is 2.27. The van der Waals surface area contributed by atoms with Gasteiger partial charge in [0.05, 0.1) is 15.7 Å². The largest absolute Gasteiger partial charge is 0.355 e. The van der Waals surface area contributed by atoms with E-state index in [1.165, 1.54) is 6.33 Å². The zero-order valence-corrected chi connectivity index (χ0v) is 14.8. The molecule has 5 nitrogen and oxygen atoms in total. The summed E-state index contributed by atoms with van der Waals surface area (Å²) >= 11 is 11.9. The quantitative estimate of drug-likeness (QED) is 0.704. The van der Waals surface area contributed by atoms with E-state index in [-0.39, 0.29) is 5.91 Å². The van der Waals surface area contributed by atoms with Gasteiger partial charge in [-0.1, -0.05) is 35.3 Å². The first-order valence-corrected chi connectivity index (χ1v) is 8.19. The molecule has 0 aliphatic rings. The second-order valence-electron chi connectivity index (χ2n) is 5.20. The van der Waals surface area contributed by atoms with E-state index in [2.05, 4.69) is 20.6 Å². The second-order valence-corrected chi connectivity index (χ2v) is 6.02. The van der Waals surface area contributed by atoms with Gasteiger partial charge >= 0.3 is 0 Å². The number of hydrogen-bond acceptors (Lipinski definition) is 4. The van der Waals surface area contributed by atoms with E-state index < -0.39 is 0 Å². The molecule has 0 saturated carbocycles. The molecule has 25 heavy (non-hydrogen) atoms. The van der Waals surface area contributed by atoms with Gasteiger partial charge in [-0.15, -0.1) is 0 Å². The third-order valence-electron chi connectivity index (χ3n) is 3.51. The summed E-state index contributed by atoms with van der Waals surface area (Å²) in [6.45, 7) is 0. The lowest BCUT2D eigenvalue weighted by atomic mass is 10.1. The summed E-state index contributed by atoms with van der Waals surface area (Å²) in [5.74, 6) is 0.457. The van der Waals surface area contributed by atoms with E-state index in [0.717, 1.165) is 11.3 Å².